The lowest BCUT2D eigenvalue weighted by Gasteiger charge is -2.07. The van der Waals surface area contributed by atoms with Gasteiger partial charge < -0.3 is 10.1 Å². The Labute approximate surface area is 167 Å². The minimum atomic E-state index is -0.449. The number of nitrogens with one attached hydrogen (secondary N) is 1. The predicted octanol–water partition coefficient (Wildman–Crippen LogP) is 4.16. The zero-order chi connectivity index (χ0) is 20.8. The molecule has 0 unspecified atom stereocenters. The Hall–Kier alpha value is -3.80. The molecule has 29 heavy (non-hydrogen) atoms. The molecule has 0 atom stereocenters. The van der Waals surface area contributed by atoms with Gasteiger partial charge in [0.05, 0.1) is 6.42 Å². The number of ether oxygens (including phenoxy) is 1. The molecule has 0 radical (unpaired) electrons. The Kier molecular flexibility index (Phi) is 6.14. The summed E-state index contributed by atoms with van der Waals surface area (Å²) in [7, 11) is 0. The Morgan fingerprint density at radius 1 is 0.828 bits per heavy atom. The quantitative estimate of drug-likeness (QED) is 0.389. The minimum absolute atomic E-state index is 0.0661. The normalized spacial score (nSPS) is 10.3. The number of hydrogen-bond donors (Lipinski definition) is 1. The molecule has 0 fully saturated rings. The summed E-state index contributed by atoms with van der Waals surface area (Å²) in [5, 5.41) is 2.65. The van der Waals surface area contributed by atoms with E-state index in [4.69, 9.17) is 4.74 Å². The second-order valence-electron chi connectivity index (χ2n) is 6.39. The van der Waals surface area contributed by atoms with Crippen molar-refractivity contribution < 1.29 is 23.5 Å². The van der Waals surface area contributed by atoms with Crippen molar-refractivity contribution in [1.29, 1.82) is 0 Å². The van der Waals surface area contributed by atoms with Crippen LogP contribution in [0.3, 0.4) is 0 Å². The average Bonchev–Trinajstić information content (AvgIpc) is 2.70. The summed E-state index contributed by atoms with van der Waals surface area (Å²) in [6.07, 6.45) is 0.0661. The molecule has 5 nitrogen and oxygen atoms in total. The first kappa shape index (κ1) is 19.9. The van der Waals surface area contributed by atoms with E-state index in [0.29, 0.717) is 22.6 Å². The van der Waals surface area contributed by atoms with Gasteiger partial charge in [-0.05, 0) is 66.2 Å². The lowest BCUT2D eigenvalue weighted by Crippen LogP contribution is -2.11. The number of carbonyl (C=O) groups is 3. The molecule has 0 aromatic heterocycles. The highest BCUT2D eigenvalue weighted by atomic mass is 19.1. The van der Waals surface area contributed by atoms with Crippen LogP contribution in [0.4, 0.5) is 10.1 Å². The van der Waals surface area contributed by atoms with Crippen molar-refractivity contribution in [2.24, 2.45) is 0 Å². The van der Waals surface area contributed by atoms with Gasteiger partial charge in [-0.15, -0.1) is 0 Å². The standard InChI is InChI=1S/C23H18FNO4/c1-15(26)25-20-10-2-16(3-11-20)14-22(27)29-21-12-6-18(7-13-21)23(28)17-4-8-19(24)9-5-17/h2-13H,14H2,1H3,(H,25,26). The molecule has 0 aliphatic rings. The van der Waals surface area contributed by atoms with Gasteiger partial charge in [0.25, 0.3) is 0 Å². The molecular weight excluding hydrogens is 373 g/mol. The molecular formula is C23H18FNO4. The first-order chi connectivity index (χ1) is 13.9. The molecule has 1 N–H and O–H groups in total. The van der Waals surface area contributed by atoms with Crippen LogP contribution in [0.5, 0.6) is 5.75 Å². The van der Waals surface area contributed by atoms with Crippen LogP contribution in [-0.2, 0) is 16.0 Å². The van der Waals surface area contributed by atoms with Gasteiger partial charge in [0.1, 0.15) is 11.6 Å². The van der Waals surface area contributed by atoms with Gasteiger partial charge in [-0.25, -0.2) is 4.39 Å². The number of rotatable bonds is 6. The molecule has 0 aliphatic heterocycles. The fourth-order valence-electron chi connectivity index (χ4n) is 2.69. The molecule has 0 aliphatic carbocycles. The van der Waals surface area contributed by atoms with Crippen LogP contribution in [0.2, 0.25) is 0 Å². The molecule has 146 valence electrons. The smallest absolute Gasteiger partial charge is 0.315 e. The van der Waals surface area contributed by atoms with E-state index >= 15 is 0 Å². The number of esters is 1. The van der Waals surface area contributed by atoms with Crippen LogP contribution in [-0.4, -0.2) is 17.7 Å². The van der Waals surface area contributed by atoms with Crippen LogP contribution in [0, 0.1) is 5.82 Å². The third kappa shape index (κ3) is 5.59. The van der Waals surface area contributed by atoms with Gasteiger partial charge in [0.2, 0.25) is 5.91 Å². The molecule has 6 heteroatoms. The van der Waals surface area contributed by atoms with Gasteiger partial charge in [-0.3, -0.25) is 14.4 Å². The highest BCUT2D eigenvalue weighted by Gasteiger charge is 2.11. The Morgan fingerprint density at radius 3 is 1.93 bits per heavy atom. The maximum Gasteiger partial charge on any atom is 0.315 e. The molecule has 0 saturated carbocycles. The third-order valence-electron chi connectivity index (χ3n) is 4.08. The highest BCUT2D eigenvalue weighted by Crippen LogP contribution is 2.17. The first-order valence-electron chi connectivity index (χ1n) is 8.88. The molecule has 3 rings (SSSR count). The maximum absolute atomic E-state index is 13.0. The lowest BCUT2D eigenvalue weighted by molar-refractivity contribution is -0.133. The Balaban J connectivity index is 1.59. The lowest BCUT2D eigenvalue weighted by atomic mass is 10.0. The van der Waals surface area contributed by atoms with E-state index in [-0.39, 0.29) is 18.1 Å². The van der Waals surface area contributed by atoms with E-state index < -0.39 is 11.8 Å². The summed E-state index contributed by atoms with van der Waals surface area (Å²) in [5.41, 5.74) is 2.17. The van der Waals surface area contributed by atoms with Crippen LogP contribution >= 0.6 is 0 Å². The number of amides is 1. The second-order valence-corrected chi connectivity index (χ2v) is 6.39. The van der Waals surface area contributed by atoms with Crippen molar-refractivity contribution in [3.05, 3.63) is 95.3 Å². The van der Waals surface area contributed by atoms with Crippen molar-refractivity contribution in [3.63, 3.8) is 0 Å². The molecule has 0 saturated heterocycles. The van der Waals surface area contributed by atoms with Gasteiger partial charge in [-0.2, -0.15) is 0 Å². The molecule has 3 aromatic rings. The van der Waals surface area contributed by atoms with Gasteiger partial charge in [0, 0.05) is 23.7 Å². The van der Waals surface area contributed by atoms with Crippen molar-refractivity contribution >= 4 is 23.3 Å². The van der Waals surface area contributed by atoms with Crippen LogP contribution in [0.1, 0.15) is 28.4 Å². The minimum Gasteiger partial charge on any atom is -0.426 e. The van der Waals surface area contributed by atoms with Crippen molar-refractivity contribution in [3.8, 4) is 5.75 Å². The third-order valence-corrected chi connectivity index (χ3v) is 4.08. The van der Waals surface area contributed by atoms with E-state index in [2.05, 4.69) is 5.32 Å². The number of hydrogen-bond acceptors (Lipinski definition) is 4. The van der Waals surface area contributed by atoms with Crippen molar-refractivity contribution in [1.82, 2.24) is 0 Å². The largest absolute Gasteiger partial charge is 0.426 e. The number of ketones is 1. The van der Waals surface area contributed by atoms with E-state index in [1.165, 1.54) is 43.3 Å². The summed E-state index contributed by atoms with van der Waals surface area (Å²) in [6.45, 7) is 1.42. The summed E-state index contributed by atoms with van der Waals surface area (Å²) in [5.74, 6) is -0.954. The average molecular weight is 391 g/mol. The molecule has 0 heterocycles. The van der Waals surface area contributed by atoms with Crippen LogP contribution in [0.25, 0.3) is 0 Å². The number of anilines is 1. The van der Waals surface area contributed by atoms with Gasteiger partial charge in [-0.1, -0.05) is 12.1 Å². The summed E-state index contributed by atoms with van der Waals surface area (Å²) in [6, 6.07) is 18.4. The van der Waals surface area contributed by atoms with Gasteiger partial charge >= 0.3 is 5.97 Å². The summed E-state index contributed by atoms with van der Waals surface area (Å²) >= 11 is 0. The molecule has 0 bridgehead atoms. The zero-order valence-electron chi connectivity index (χ0n) is 15.6. The first-order valence-corrected chi connectivity index (χ1v) is 8.88. The van der Waals surface area contributed by atoms with E-state index in [1.807, 2.05) is 0 Å². The van der Waals surface area contributed by atoms with Crippen LogP contribution in [0.15, 0.2) is 72.8 Å². The van der Waals surface area contributed by atoms with Gasteiger partial charge in [0.15, 0.2) is 5.78 Å². The number of carbonyl (C=O) groups excluding carboxylic acids is 3. The topological polar surface area (TPSA) is 72.5 Å². The van der Waals surface area contributed by atoms with Crippen LogP contribution < -0.4 is 10.1 Å². The fraction of sp³-hybridized carbons (Fsp3) is 0.0870. The zero-order valence-corrected chi connectivity index (χ0v) is 15.6. The number of benzene rings is 3. The maximum atomic E-state index is 13.0. The van der Waals surface area contributed by atoms with E-state index in [1.54, 1.807) is 36.4 Å². The molecule has 3 aromatic carbocycles. The fourth-order valence-corrected chi connectivity index (χ4v) is 2.69. The van der Waals surface area contributed by atoms with Crippen molar-refractivity contribution in [2.75, 3.05) is 5.32 Å². The van der Waals surface area contributed by atoms with E-state index in [9.17, 15) is 18.8 Å². The monoisotopic (exact) mass is 391 g/mol. The highest BCUT2D eigenvalue weighted by molar-refractivity contribution is 6.09. The second kappa shape index (κ2) is 8.93. The molecule has 0 spiro atoms. The Bertz CT molecular complexity index is 1030. The predicted molar refractivity (Wildman–Crippen MR) is 106 cm³/mol. The Morgan fingerprint density at radius 2 is 1.38 bits per heavy atom. The summed E-state index contributed by atoms with van der Waals surface area (Å²) < 4.78 is 18.3. The number of halogens is 1. The molecule has 1 amide bonds. The van der Waals surface area contributed by atoms with E-state index in [0.717, 1.165) is 5.56 Å². The SMILES string of the molecule is CC(=O)Nc1ccc(CC(=O)Oc2ccc(C(=O)c3ccc(F)cc3)cc2)cc1. The van der Waals surface area contributed by atoms with Crippen molar-refractivity contribution in [2.45, 2.75) is 13.3 Å². The summed E-state index contributed by atoms with van der Waals surface area (Å²) in [4.78, 5) is 35.5.